The van der Waals surface area contributed by atoms with Crippen LogP contribution in [-0.2, 0) is 13.5 Å². The molecule has 1 aromatic heterocycles. The Balaban J connectivity index is 2.00. The van der Waals surface area contributed by atoms with Crippen LogP contribution in [0.15, 0.2) is 30.6 Å². The van der Waals surface area contributed by atoms with Crippen LogP contribution in [-0.4, -0.2) is 22.2 Å². The van der Waals surface area contributed by atoms with Crippen molar-refractivity contribution in [3.8, 4) is 0 Å². The number of anilines is 2. The van der Waals surface area contributed by atoms with Crippen molar-refractivity contribution in [1.29, 1.82) is 0 Å². The van der Waals surface area contributed by atoms with Crippen molar-refractivity contribution in [3.63, 3.8) is 0 Å². The quantitative estimate of drug-likeness (QED) is 0.690. The minimum absolute atomic E-state index is 0.339. The normalized spacial score (nSPS) is 10.4. The second-order valence-corrected chi connectivity index (χ2v) is 4.33. The maximum Gasteiger partial charge on any atom is 0.250 e. The van der Waals surface area contributed by atoms with E-state index in [9.17, 15) is 4.79 Å². The number of amides is 1. The molecule has 0 aliphatic heterocycles. The summed E-state index contributed by atoms with van der Waals surface area (Å²) in [6, 6.07) is 5.19. The molecule has 19 heavy (non-hydrogen) atoms. The Morgan fingerprint density at radius 2 is 2.26 bits per heavy atom. The predicted molar refractivity (Wildman–Crippen MR) is 74.8 cm³/mol. The predicted octanol–water partition coefficient (Wildman–Crippen LogP) is 0.756. The third-order valence-electron chi connectivity index (χ3n) is 2.86. The summed E-state index contributed by atoms with van der Waals surface area (Å²) in [5.74, 6) is -0.520. The van der Waals surface area contributed by atoms with Gasteiger partial charge in [-0.15, -0.1) is 0 Å². The van der Waals surface area contributed by atoms with Gasteiger partial charge < -0.3 is 16.8 Å². The highest BCUT2D eigenvalue weighted by molar-refractivity contribution is 6.00. The van der Waals surface area contributed by atoms with Gasteiger partial charge in [0.25, 0.3) is 5.91 Å². The van der Waals surface area contributed by atoms with Crippen molar-refractivity contribution < 1.29 is 4.79 Å². The minimum atomic E-state index is -0.520. The maximum atomic E-state index is 11.2. The fourth-order valence-electron chi connectivity index (χ4n) is 1.88. The summed E-state index contributed by atoms with van der Waals surface area (Å²) in [5, 5.41) is 7.30. The van der Waals surface area contributed by atoms with Gasteiger partial charge in [0.15, 0.2) is 0 Å². The first-order chi connectivity index (χ1) is 9.08. The summed E-state index contributed by atoms with van der Waals surface area (Å²) in [4.78, 5) is 11.2. The topological polar surface area (TPSA) is 99.0 Å². The van der Waals surface area contributed by atoms with Crippen LogP contribution in [0, 0.1) is 0 Å². The number of nitrogen functional groups attached to an aromatic ring is 1. The van der Waals surface area contributed by atoms with Crippen LogP contribution in [0.2, 0.25) is 0 Å². The van der Waals surface area contributed by atoms with Gasteiger partial charge in [0, 0.05) is 19.8 Å². The number of aryl methyl sites for hydroxylation is 1. The minimum Gasteiger partial charge on any atom is -0.396 e. The van der Waals surface area contributed by atoms with E-state index in [1.807, 2.05) is 25.5 Å². The molecule has 0 fully saturated rings. The average Bonchev–Trinajstić information content (AvgIpc) is 2.77. The summed E-state index contributed by atoms with van der Waals surface area (Å²) in [6.45, 7) is 0.706. The van der Waals surface area contributed by atoms with Crippen LogP contribution in [0.3, 0.4) is 0 Å². The molecule has 6 heteroatoms. The van der Waals surface area contributed by atoms with Crippen molar-refractivity contribution in [3.05, 3.63) is 41.7 Å². The number of nitrogens with two attached hydrogens (primary N) is 2. The molecule has 1 aromatic carbocycles. The lowest BCUT2D eigenvalue weighted by Gasteiger charge is -2.10. The summed E-state index contributed by atoms with van der Waals surface area (Å²) in [7, 11) is 1.88. The molecular weight excluding hydrogens is 242 g/mol. The molecule has 0 radical (unpaired) electrons. The van der Waals surface area contributed by atoms with Gasteiger partial charge in [-0.05, 0) is 24.1 Å². The Morgan fingerprint density at radius 1 is 1.47 bits per heavy atom. The molecule has 0 aliphatic rings. The highest BCUT2D eigenvalue weighted by atomic mass is 16.1. The Bertz CT molecular complexity index is 590. The van der Waals surface area contributed by atoms with Gasteiger partial charge in [-0.25, -0.2) is 0 Å². The molecule has 0 bridgehead atoms. The van der Waals surface area contributed by atoms with E-state index in [-0.39, 0.29) is 0 Å². The number of primary amides is 1. The third-order valence-corrected chi connectivity index (χ3v) is 2.86. The van der Waals surface area contributed by atoms with Crippen LogP contribution < -0.4 is 16.8 Å². The Hall–Kier alpha value is -2.50. The molecule has 2 aromatic rings. The lowest BCUT2D eigenvalue weighted by molar-refractivity contribution is 0.100. The number of para-hydroxylation sites is 1. The second kappa shape index (κ2) is 5.43. The lowest BCUT2D eigenvalue weighted by atomic mass is 10.1. The van der Waals surface area contributed by atoms with E-state index >= 15 is 0 Å². The van der Waals surface area contributed by atoms with Crippen molar-refractivity contribution in [2.45, 2.75) is 6.42 Å². The third kappa shape index (κ3) is 3.04. The van der Waals surface area contributed by atoms with E-state index in [0.29, 0.717) is 17.8 Å². The highest BCUT2D eigenvalue weighted by Crippen LogP contribution is 2.22. The molecule has 5 N–H and O–H groups in total. The fraction of sp³-hybridized carbons (Fsp3) is 0.231. The van der Waals surface area contributed by atoms with Gasteiger partial charge in [0.2, 0.25) is 0 Å². The largest absolute Gasteiger partial charge is 0.396 e. The van der Waals surface area contributed by atoms with Crippen molar-refractivity contribution in [2.75, 3.05) is 17.6 Å². The number of carbonyl (C=O) groups excluding carboxylic acids is 1. The van der Waals surface area contributed by atoms with Crippen LogP contribution in [0.5, 0.6) is 0 Å². The van der Waals surface area contributed by atoms with E-state index in [2.05, 4.69) is 10.4 Å². The summed E-state index contributed by atoms with van der Waals surface area (Å²) < 4.78 is 1.76. The van der Waals surface area contributed by atoms with Gasteiger partial charge in [-0.3, -0.25) is 9.48 Å². The number of nitrogens with one attached hydrogen (secondary N) is 1. The molecule has 0 unspecified atom stereocenters. The summed E-state index contributed by atoms with van der Waals surface area (Å²) >= 11 is 0. The molecule has 1 heterocycles. The Morgan fingerprint density at radius 3 is 2.89 bits per heavy atom. The smallest absolute Gasteiger partial charge is 0.250 e. The van der Waals surface area contributed by atoms with Crippen LogP contribution >= 0.6 is 0 Å². The molecule has 0 aliphatic carbocycles. The van der Waals surface area contributed by atoms with Crippen molar-refractivity contribution in [1.82, 2.24) is 9.78 Å². The van der Waals surface area contributed by atoms with E-state index in [4.69, 9.17) is 11.5 Å². The number of nitrogens with zero attached hydrogens (tertiary/aromatic N) is 2. The van der Waals surface area contributed by atoms with E-state index in [0.717, 1.165) is 17.7 Å². The molecule has 100 valence electrons. The summed E-state index contributed by atoms with van der Waals surface area (Å²) in [5.41, 5.74) is 13.7. The van der Waals surface area contributed by atoms with Crippen LogP contribution in [0.4, 0.5) is 11.4 Å². The Kier molecular flexibility index (Phi) is 3.70. The Labute approximate surface area is 111 Å². The average molecular weight is 259 g/mol. The molecule has 1 amide bonds. The van der Waals surface area contributed by atoms with E-state index < -0.39 is 5.91 Å². The zero-order chi connectivity index (χ0) is 13.8. The van der Waals surface area contributed by atoms with Crippen molar-refractivity contribution in [2.24, 2.45) is 12.8 Å². The molecule has 0 saturated carbocycles. The zero-order valence-electron chi connectivity index (χ0n) is 10.8. The molecule has 0 saturated heterocycles. The molecule has 6 nitrogen and oxygen atoms in total. The molecule has 0 atom stereocenters. The monoisotopic (exact) mass is 259 g/mol. The zero-order valence-corrected chi connectivity index (χ0v) is 10.8. The number of hydrogen-bond donors (Lipinski definition) is 3. The highest BCUT2D eigenvalue weighted by Gasteiger charge is 2.08. The number of rotatable bonds is 5. The van der Waals surface area contributed by atoms with Crippen LogP contribution in [0.1, 0.15) is 15.9 Å². The molecule has 2 rings (SSSR count). The van der Waals surface area contributed by atoms with Gasteiger partial charge in [0.05, 0.1) is 23.1 Å². The van der Waals surface area contributed by atoms with E-state index in [1.54, 1.807) is 16.8 Å². The SMILES string of the molecule is Cn1cc(CCNc2cccc(C(N)=O)c2N)cn1. The number of hydrogen-bond acceptors (Lipinski definition) is 4. The second-order valence-electron chi connectivity index (χ2n) is 4.33. The maximum absolute atomic E-state index is 11.2. The van der Waals surface area contributed by atoms with Gasteiger partial charge in [0.1, 0.15) is 0 Å². The first-order valence-corrected chi connectivity index (χ1v) is 5.97. The number of benzene rings is 1. The lowest BCUT2D eigenvalue weighted by Crippen LogP contribution is -2.15. The van der Waals surface area contributed by atoms with Crippen LogP contribution in [0.25, 0.3) is 0 Å². The fourth-order valence-corrected chi connectivity index (χ4v) is 1.88. The van der Waals surface area contributed by atoms with Gasteiger partial charge in [-0.2, -0.15) is 5.10 Å². The van der Waals surface area contributed by atoms with Crippen molar-refractivity contribution >= 4 is 17.3 Å². The molecular formula is C13H17N5O. The first kappa shape index (κ1) is 12.9. The number of aromatic nitrogens is 2. The van der Waals surface area contributed by atoms with Gasteiger partial charge >= 0.3 is 0 Å². The van der Waals surface area contributed by atoms with E-state index in [1.165, 1.54) is 0 Å². The van der Waals surface area contributed by atoms with Gasteiger partial charge in [-0.1, -0.05) is 6.07 Å². The molecule has 0 spiro atoms. The standard InChI is InChI=1S/C13H17N5O/c1-18-8-9(7-17-18)5-6-16-11-4-2-3-10(12(11)14)13(15)19/h2-4,7-8,16H,5-6,14H2,1H3,(H2,15,19). The first-order valence-electron chi connectivity index (χ1n) is 5.97. The summed E-state index contributed by atoms with van der Waals surface area (Å²) in [6.07, 6.45) is 4.61. The number of carbonyl (C=O) groups is 1.